The van der Waals surface area contributed by atoms with Gasteiger partial charge in [0.1, 0.15) is 11.4 Å². The summed E-state index contributed by atoms with van der Waals surface area (Å²) in [5.41, 5.74) is 0.396. The molecule has 0 saturated carbocycles. The highest BCUT2D eigenvalue weighted by molar-refractivity contribution is 6.42. The van der Waals surface area contributed by atoms with E-state index >= 15 is 0 Å². The Morgan fingerprint density at radius 2 is 1.65 bits per heavy atom. The average Bonchev–Trinajstić information content (AvgIpc) is 2.61. The van der Waals surface area contributed by atoms with Gasteiger partial charge >= 0.3 is 0 Å². The molecule has 26 heavy (non-hydrogen) atoms. The van der Waals surface area contributed by atoms with Crippen molar-refractivity contribution in [2.24, 2.45) is 0 Å². The first kappa shape index (κ1) is 19.1. The van der Waals surface area contributed by atoms with Crippen LogP contribution in [0.4, 0.5) is 11.5 Å². The van der Waals surface area contributed by atoms with E-state index in [-0.39, 0.29) is 34.0 Å². The van der Waals surface area contributed by atoms with Gasteiger partial charge < -0.3 is 10.3 Å². The molecule has 8 heteroatoms. The number of rotatable bonds is 4. The molecule has 2 aromatic carbocycles. The van der Waals surface area contributed by atoms with Crippen molar-refractivity contribution in [1.82, 2.24) is 4.98 Å². The van der Waals surface area contributed by atoms with E-state index in [2.05, 4.69) is 10.3 Å². The van der Waals surface area contributed by atoms with Crippen LogP contribution in [0.5, 0.6) is 0 Å². The zero-order chi connectivity index (χ0) is 19.0. The monoisotopic (exact) mass is 428 g/mol. The average molecular weight is 430 g/mol. The molecule has 0 aliphatic rings. The van der Waals surface area contributed by atoms with Crippen LogP contribution in [0, 0.1) is 0 Å². The molecule has 3 aromatic rings. The van der Waals surface area contributed by atoms with Crippen molar-refractivity contribution in [2.75, 3.05) is 5.32 Å². The number of benzene rings is 2. The quantitative estimate of drug-likeness (QED) is 0.466. The Kier molecular flexibility index (Phi) is 5.49. The molecule has 134 valence electrons. The molecule has 3 rings (SSSR count). The minimum atomic E-state index is -0.485. The molecular formula is C18H12Cl4N2O2. The molecule has 0 amide bonds. The van der Waals surface area contributed by atoms with Gasteiger partial charge in [-0.05, 0) is 30.3 Å². The second kappa shape index (κ2) is 7.49. The van der Waals surface area contributed by atoms with E-state index in [0.717, 1.165) is 0 Å². The summed E-state index contributed by atoms with van der Waals surface area (Å²) in [5.74, 6) is -0.108. The first-order chi connectivity index (χ1) is 12.3. The topological polar surface area (TPSA) is 62.0 Å². The number of anilines is 2. The Morgan fingerprint density at radius 3 is 2.31 bits per heavy atom. The van der Waals surface area contributed by atoms with Crippen LogP contribution in [0.1, 0.15) is 23.7 Å². The number of hydrogen-bond acceptors (Lipinski definition) is 3. The maximum atomic E-state index is 13.0. The number of hydrogen-bond donors (Lipinski definition) is 2. The maximum absolute atomic E-state index is 13.0. The van der Waals surface area contributed by atoms with Crippen molar-refractivity contribution in [3.05, 3.63) is 66.2 Å². The zero-order valence-electron chi connectivity index (χ0n) is 13.4. The highest BCUT2D eigenvalue weighted by Crippen LogP contribution is 2.31. The van der Waals surface area contributed by atoms with Gasteiger partial charge in [-0.3, -0.25) is 9.59 Å². The number of carbonyl (C=O) groups is 1. The van der Waals surface area contributed by atoms with Crippen LogP contribution in [-0.4, -0.2) is 10.8 Å². The highest BCUT2D eigenvalue weighted by Gasteiger charge is 2.21. The molecule has 4 nitrogen and oxygen atoms in total. The fourth-order valence-electron chi connectivity index (χ4n) is 2.58. The fourth-order valence-corrected chi connectivity index (χ4v) is 3.32. The number of H-pyrrole nitrogens is 1. The summed E-state index contributed by atoms with van der Waals surface area (Å²) in [6.45, 7) is 1.68. The molecule has 0 aliphatic heterocycles. The molecule has 0 aliphatic carbocycles. The molecule has 0 atom stereocenters. The van der Waals surface area contributed by atoms with Crippen molar-refractivity contribution in [2.45, 2.75) is 13.3 Å². The van der Waals surface area contributed by atoms with Crippen molar-refractivity contribution in [1.29, 1.82) is 0 Å². The number of aromatic amines is 1. The number of pyridine rings is 1. The van der Waals surface area contributed by atoms with Crippen LogP contribution >= 0.6 is 46.4 Å². The molecule has 0 spiro atoms. The summed E-state index contributed by atoms with van der Waals surface area (Å²) in [6, 6.07) is 7.97. The lowest BCUT2D eigenvalue weighted by Crippen LogP contribution is -2.19. The van der Waals surface area contributed by atoms with E-state index in [9.17, 15) is 9.59 Å². The zero-order valence-corrected chi connectivity index (χ0v) is 16.4. The number of Topliss-reactive ketones (excluding diaryl/α,β-unsaturated/α-hetero) is 1. The van der Waals surface area contributed by atoms with Crippen LogP contribution in [0.15, 0.2) is 35.1 Å². The first-order valence-corrected chi connectivity index (χ1v) is 9.14. The SMILES string of the molecule is CCC(=O)c1c(Nc2ccc(Cl)c(Cl)c2)[nH]c2c(Cl)ccc(Cl)c2c1=O. The Balaban J connectivity index is 2.29. The van der Waals surface area contributed by atoms with Crippen LogP contribution in [0.25, 0.3) is 10.9 Å². The van der Waals surface area contributed by atoms with Crippen molar-refractivity contribution >= 4 is 74.6 Å². The van der Waals surface area contributed by atoms with Crippen molar-refractivity contribution < 1.29 is 4.79 Å². The van der Waals surface area contributed by atoms with Crippen LogP contribution in [0.3, 0.4) is 0 Å². The van der Waals surface area contributed by atoms with E-state index < -0.39 is 5.43 Å². The van der Waals surface area contributed by atoms with Crippen LogP contribution < -0.4 is 10.7 Å². The Bertz CT molecular complexity index is 1090. The van der Waals surface area contributed by atoms with Crippen LogP contribution in [0.2, 0.25) is 20.1 Å². The van der Waals surface area contributed by atoms with E-state index in [1.54, 1.807) is 31.2 Å². The van der Waals surface area contributed by atoms with E-state index in [0.29, 0.717) is 26.3 Å². The van der Waals surface area contributed by atoms with Gasteiger partial charge in [-0.15, -0.1) is 0 Å². The Morgan fingerprint density at radius 1 is 1.00 bits per heavy atom. The number of ketones is 1. The lowest BCUT2D eigenvalue weighted by Gasteiger charge is -2.14. The summed E-state index contributed by atoms with van der Waals surface area (Å²) >= 11 is 24.3. The second-order valence-corrected chi connectivity index (χ2v) is 7.14. The van der Waals surface area contributed by atoms with Gasteiger partial charge in [-0.2, -0.15) is 0 Å². The van der Waals surface area contributed by atoms with Gasteiger partial charge in [0.15, 0.2) is 5.78 Å². The third-order valence-corrected chi connectivity index (χ3v) is 5.22. The molecule has 1 aromatic heterocycles. The molecule has 0 unspecified atom stereocenters. The predicted molar refractivity (Wildman–Crippen MR) is 109 cm³/mol. The van der Waals surface area contributed by atoms with Gasteiger partial charge in [0, 0.05) is 12.1 Å². The lowest BCUT2D eigenvalue weighted by atomic mass is 10.1. The van der Waals surface area contributed by atoms with E-state index in [4.69, 9.17) is 46.4 Å². The van der Waals surface area contributed by atoms with Gasteiger partial charge in [-0.1, -0.05) is 53.3 Å². The van der Waals surface area contributed by atoms with Gasteiger partial charge in [0.05, 0.1) is 31.0 Å². The van der Waals surface area contributed by atoms with E-state index in [1.165, 1.54) is 6.07 Å². The predicted octanol–water partition coefficient (Wildman–Crippen LogP) is 6.48. The molecule has 1 heterocycles. The largest absolute Gasteiger partial charge is 0.341 e. The van der Waals surface area contributed by atoms with Crippen molar-refractivity contribution in [3.8, 4) is 0 Å². The summed E-state index contributed by atoms with van der Waals surface area (Å²) in [4.78, 5) is 28.4. The molecule has 0 radical (unpaired) electrons. The Hall–Kier alpha value is -1.72. The molecular weight excluding hydrogens is 418 g/mol. The minimum Gasteiger partial charge on any atom is -0.341 e. The molecule has 2 N–H and O–H groups in total. The second-order valence-electron chi connectivity index (χ2n) is 5.51. The van der Waals surface area contributed by atoms with E-state index in [1.807, 2.05) is 0 Å². The molecule has 0 saturated heterocycles. The number of carbonyl (C=O) groups excluding carboxylic acids is 1. The normalized spacial score (nSPS) is 11.0. The lowest BCUT2D eigenvalue weighted by molar-refractivity contribution is 0.0988. The standard InChI is InChI=1S/C18H12Cl4N2O2/c1-2-13(25)15-17(26)14-10(20)5-6-11(21)16(14)24-18(15)23-8-3-4-9(19)12(22)7-8/h3-7H,2H2,1H3,(H2,23,24,26). The first-order valence-electron chi connectivity index (χ1n) is 7.62. The summed E-state index contributed by atoms with van der Waals surface area (Å²) in [6.07, 6.45) is 0.156. The number of fused-ring (bicyclic) bond motifs is 1. The summed E-state index contributed by atoms with van der Waals surface area (Å²) in [7, 11) is 0. The third-order valence-electron chi connectivity index (χ3n) is 3.85. The number of aromatic nitrogens is 1. The molecule has 0 fully saturated rings. The third kappa shape index (κ3) is 3.42. The Labute approximate surface area is 169 Å². The number of nitrogens with one attached hydrogen (secondary N) is 2. The fraction of sp³-hybridized carbons (Fsp3) is 0.111. The van der Waals surface area contributed by atoms with Gasteiger partial charge in [0.25, 0.3) is 0 Å². The maximum Gasteiger partial charge on any atom is 0.203 e. The summed E-state index contributed by atoms with van der Waals surface area (Å²) < 4.78 is 0. The minimum absolute atomic E-state index is 0.0183. The number of halogens is 4. The van der Waals surface area contributed by atoms with Crippen LogP contribution in [-0.2, 0) is 0 Å². The smallest absolute Gasteiger partial charge is 0.203 e. The molecule has 0 bridgehead atoms. The van der Waals surface area contributed by atoms with Gasteiger partial charge in [0.2, 0.25) is 5.43 Å². The van der Waals surface area contributed by atoms with Gasteiger partial charge in [-0.25, -0.2) is 0 Å². The summed E-state index contributed by atoms with van der Waals surface area (Å²) in [5, 5.41) is 4.45. The van der Waals surface area contributed by atoms with Crippen molar-refractivity contribution in [3.63, 3.8) is 0 Å². The highest BCUT2D eigenvalue weighted by atomic mass is 35.5.